The van der Waals surface area contributed by atoms with E-state index in [2.05, 4.69) is 50.8 Å². The first-order valence-corrected chi connectivity index (χ1v) is 5.26. The average Bonchev–Trinajstić information content (AvgIpc) is 2.15. The fourth-order valence-corrected chi connectivity index (χ4v) is 1.54. The molecule has 74 valence electrons. The molecule has 0 radical (unpaired) electrons. The van der Waals surface area contributed by atoms with Gasteiger partial charge in [-0.1, -0.05) is 30.7 Å². The summed E-state index contributed by atoms with van der Waals surface area (Å²) in [6, 6.07) is 6.64. The number of hydrogen-bond acceptors (Lipinski definition) is 0. The second-order valence-electron chi connectivity index (χ2n) is 3.64. The van der Waals surface area contributed by atoms with E-state index in [1.165, 1.54) is 16.7 Å². The summed E-state index contributed by atoms with van der Waals surface area (Å²) in [5.74, 6) is 6.27. The summed E-state index contributed by atoms with van der Waals surface area (Å²) in [5.41, 5.74) is 4.16. The van der Waals surface area contributed by atoms with Gasteiger partial charge in [0, 0.05) is 12.8 Å². The molecule has 0 aliphatic heterocycles. The molecule has 0 bridgehead atoms. The van der Waals surface area contributed by atoms with Crippen LogP contribution < -0.4 is 0 Å². The van der Waals surface area contributed by atoms with E-state index in [0.29, 0.717) is 0 Å². The Labute approximate surface area is 87.4 Å². The summed E-state index contributed by atoms with van der Waals surface area (Å²) in [7, 11) is 0. The molecule has 0 saturated carbocycles. The van der Waals surface area contributed by atoms with Crippen molar-refractivity contribution in [2.45, 2.75) is 40.0 Å². The summed E-state index contributed by atoms with van der Waals surface area (Å²) >= 11 is 0. The van der Waals surface area contributed by atoms with Crippen LogP contribution >= 0.6 is 0 Å². The molecule has 1 rings (SSSR count). The van der Waals surface area contributed by atoms with Crippen LogP contribution in [0.4, 0.5) is 0 Å². The minimum Gasteiger partial charge on any atom is -0.104 e. The molecule has 1 aromatic rings. The van der Waals surface area contributed by atoms with Crippen LogP contribution in [0.3, 0.4) is 0 Å². The molecule has 0 aliphatic carbocycles. The zero-order chi connectivity index (χ0) is 10.4. The van der Waals surface area contributed by atoms with Crippen molar-refractivity contribution >= 4 is 0 Å². The Morgan fingerprint density at radius 1 is 1.14 bits per heavy atom. The van der Waals surface area contributed by atoms with Gasteiger partial charge in [-0.15, -0.1) is 11.8 Å². The number of aryl methyl sites for hydroxylation is 3. The first kappa shape index (κ1) is 10.9. The molecule has 0 unspecified atom stereocenters. The van der Waals surface area contributed by atoms with Crippen LogP contribution in [0.5, 0.6) is 0 Å². The summed E-state index contributed by atoms with van der Waals surface area (Å²) < 4.78 is 0. The molecule has 0 heterocycles. The average molecular weight is 186 g/mol. The lowest BCUT2D eigenvalue weighted by Gasteiger charge is -2.04. The molecule has 0 spiro atoms. The Bertz CT molecular complexity index is 350. The van der Waals surface area contributed by atoms with Gasteiger partial charge in [0.05, 0.1) is 0 Å². The van der Waals surface area contributed by atoms with Crippen molar-refractivity contribution in [3.63, 3.8) is 0 Å². The summed E-state index contributed by atoms with van der Waals surface area (Å²) in [6.07, 6.45) is 3.03. The van der Waals surface area contributed by atoms with Crippen molar-refractivity contribution in [2.24, 2.45) is 0 Å². The van der Waals surface area contributed by atoms with Gasteiger partial charge in [0.15, 0.2) is 0 Å². The van der Waals surface area contributed by atoms with E-state index in [4.69, 9.17) is 0 Å². The van der Waals surface area contributed by atoms with Crippen LogP contribution in [0.15, 0.2) is 18.2 Å². The van der Waals surface area contributed by atoms with Crippen molar-refractivity contribution in [3.05, 3.63) is 34.9 Å². The van der Waals surface area contributed by atoms with Crippen LogP contribution in [0.25, 0.3) is 0 Å². The topological polar surface area (TPSA) is 0 Å². The molecule has 0 heteroatoms. The quantitative estimate of drug-likeness (QED) is 0.618. The second-order valence-corrected chi connectivity index (χ2v) is 3.64. The van der Waals surface area contributed by atoms with Crippen molar-refractivity contribution in [1.29, 1.82) is 0 Å². The summed E-state index contributed by atoms with van der Waals surface area (Å²) in [5, 5.41) is 0. The number of hydrogen-bond donors (Lipinski definition) is 0. The number of benzene rings is 1. The predicted octanol–water partition coefficient (Wildman–Crippen LogP) is 3.65. The van der Waals surface area contributed by atoms with E-state index in [0.717, 1.165) is 19.3 Å². The maximum Gasteiger partial charge on any atom is 0.0129 e. The van der Waals surface area contributed by atoms with Gasteiger partial charge in [0.1, 0.15) is 0 Å². The lowest BCUT2D eigenvalue weighted by atomic mass is 10.0. The normalized spacial score (nSPS) is 9.36. The lowest BCUT2D eigenvalue weighted by molar-refractivity contribution is 1.01. The van der Waals surface area contributed by atoms with E-state index >= 15 is 0 Å². The van der Waals surface area contributed by atoms with E-state index in [1.807, 2.05) is 0 Å². The van der Waals surface area contributed by atoms with Gasteiger partial charge in [-0.2, -0.15) is 0 Å². The fourth-order valence-electron chi connectivity index (χ4n) is 1.54. The third-order valence-electron chi connectivity index (χ3n) is 2.32. The molecule has 0 aliphatic rings. The molecular formula is C14H18. The minimum absolute atomic E-state index is 0.965. The molecule has 0 atom stereocenters. The van der Waals surface area contributed by atoms with E-state index in [-0.39, 0.29) is 0 Å². The van der Waals surface area contributed by atoms with Crippen LogP contribution in [-0.2, 0) is 6.42 Å². The summed E-state index contributed by atoms with van der Waals surface area (Å²) in [6.45, 7) is 6.40. The zero-order valence-electron chi connectivity index (χ0n) is 9.35. The first-order valence-electron chi connectivity index (χ1n) is 5.26. The molecule has 14 heavy (non-hydrogen) atoms. The lowest BCUT2D eigenvalue weighted by Crippen LogP contribution is -1.89. The molecule has 1 aromatic carbocycles. The standard InChI is InChI=1S/C14H18/c1-4-5-6-7-8-14-10-9-12(2)11-13(14)3/h9-11H,4,7-8H2,1-3H3. The molecule has 0 nitrogen and oxygen atoms in total. The van der Waals surface area contributed by atoms with Crippen LogP contribution in [0.1, 0.15) is 36.5 Å². The van der Waals surface area contributed by atoms with Gasteiger partial charge >= 0.3 is 0 Å². The van der Waals surface area contributed by atoms with Crippen molar-refractivity contribution in [2.75, 3.05) is 0 Å². The summed E-state index contributed by atoms with van der Waals surface area (Å²) in [4.78, 5) is 0. The van der Waals surface area contributed by atoms with Gasteiger partial charge in [0.2, 0.25) is 0 Å². The molecular weight excluding hydrogens is 168 g/mol. The predicted molar refractivity (Wildman–Crippen MR) is 62.3 cm³/mol. The third-order valence-corrected chi connectivity index (χ3v) is 2.32. The van der Waals surface area contributed by atoms with E-state index in [1.54, 1.807) is 0 Å². The molecule has 0 amide bonds. The van der Waals surface area contributed by atoms with Crippen molar-refractivity contribution in [3.8, 4) is 11.8 Å². The van der Waals surface area contributed by atoms with E-state index < -0.39 is 0 Å². The maximum atomic E-state index is 3.18. The van der Waals surface area contributed by atoms with Crippen LogP contribution in [0, 0.1) is 25.7 Å². The Morgan fingerprint density at radius 2 is 1.93 bits per heavy atom. The number of rotatable bonds is 2. The van der Waals surface area contributed by atoms with Gasteiger partial charge in [0.25, 0.3) is 0 Å². The highest BCUT2D eigenvalue weighted by atomic mass is 14.0. The molecule has 0 aromatic heterocycles. The first-order chi connectivity index (χ1) is 6.74. The van der Waals surface area contributed by atoms with Crippen LogP contribution in [0.2, 0.25) is 0 Å². The Balaban J connectivity index is 2.59. The van der Waals surface area contributed by atoms with Gasteiger partial charge in [-0.3, -0.25) is 0 Å². The van der Waals surface area contributed by atoms with Crippen molar-refractivity contribution < 1.29 is 0 Å². The van der Waals surface area contributed by atoms with Gasteiger partial charge < -0.3 is 0 Å². The molecule has 0 saturated heterocycles. The third kappa shape index (κ3) is 3.26. The SMILES string of the molecule is CCC#CCCc1ccc(C)cc1C. The monoisotopic (exact) mass is 186 g/mol. The minimum atomic E-state index is 0.965. The Hall–Kier alpha value is -1.22. The highest BCUT2D eigenvalue weighted by molar-refractivity contribution is 5.30. The largest absolute Gasteiger partial charge is 0.104 e. The van der Waals surface area contributed by atoms with Crippen molar-refractivity contribution in [1.82, 2.24) is 0 Å². The van der Waals surface area contributed by atoms with Gasteiger partial charge in [-0.05, 0) is 31.4 Å². The highest BCUT2D eigenvalue weighted by Crippen LogP contribution is 2.11. The smallest absolute Gasteiger partial charge is 0.0129 e. The fraction of sp³-hybridized carbons (Fsp3) is 0.429. The molecule has 0 N–H and O–H groups in total. The molecule has 0 fully saturated rings. The zero-order valence-corrected chi connectivity index (χ0v) is 9.35. The Morgan fingerprint density at radius 3 is 2.57 bits per heavy atom. The Kier molecular flexibility index (Phi) is 4.26. The van der Waals surface area contributed by atoms with E-state index in [9.17, 15) is 0 Å². The van der Waals surface area contributed by atoms with Crippen LogP contribution in [-0.4, -0.2) is 0 Å². The second kappa shape index (κ2) is 5.50. The van der Waals surface area contributed by atoms with Gasteiger partial charge in [-0.25, -0.2) is 0 Å². The maximum absolute atomic E-state index is 3.18. The highest BCUT2D eigenvalue weighted by Gasteiger charge is 1.96.